The van der Waals surface area contributed by atoms with Gasteiger partial charge in [-0.05, 0) is 31.9 Å². The van der Waals surface area contributed by atoms with Gasteiger partial charge in [0.05, 0.1) is 18.8 Å². The van der Waals surface area contributed by atoms with Crippen molar-refractivity contribution in [1.29, 1.82) is 0 Å². The maximum atomic E-state index is 10.8. The topological polar surface area (TPSA) is 92.4 Å². The van der Waals surface area contributed by atoms with E-state index < -0.39 is 5.97 Å². The van der Waals surface area contributed by atoms with E-state index in [1.807, 2.05) is 31.2 Å². The fraction of sp³-hybridized carbons (Fsp3) is 0.474. The van der Waals surface area contributed by atoms with Crippen LogP contribution in [0.2, 0.25) is 0 Å². The fourth-order valence-corrected chi connectivity index (χ4v) is 3.82. The molecule has 0 aliphatic heterocycles. The van der Waals surface area contributed by atoms with Gasteiger partial charge in [-0.3, -0.25) is 0 Å². The van der Waals surface area contributed by atoms with Crippen molar-refractivity contribution in [2.75, 3.05) is 12.4 Å². The minimum Gasteiger partial charge on any atom is -0.549 e. The van der Waals surface area contributed by atoms with E-state index in [0.29, 0.717) is 17.7 Å². The Morgan fingerprint density at radius 2 is 2.11 bits per heavy atom. The van der Waals surface area contributed by atoms with Gasteiger partial charge in [0, 0.05) is 17.2 Å². The number of hydrogen-bond donors (Lipinski definition) is 0. The second-order valence-corrected chi connectivity index (χ2v) is 7.31. The van der Waals surface area contributed by atoms with Crippen molar-refractivity contribution in [1.82, 2.24) is 14.9 Å². The number of ether oxygens (including phenoxy) is 1. The molecule has 0 bridgehead atoms. The average molecular weight is 387 g/mol. The zero-order chi connectivity index (χ0) is 19.1. The van der Waals surface area contributed by atoms with E-state index in [-0.39, 0.29) is 5.75 Å². The quantitative estimate of drug-likeness (QED) is 0.510. The largest absolute Gasteiger partial charge is 0.549 e. The molecule has 1 aromatic carbocycles. The van der Waals surface area contributed by atoms with Crippen LogP contribution in [0.25, 0.3) is 0 Å². The molecule has 2 aromatic rings. The van der Waals surface area contributed by atoms with Gasteiger partial charge in [0.15, 0.2) is 5.82 Å². The number of nitrogens with zero attached hydrogens (tertiary/aromatic N) is 4. The van der Waals surface area contributed by atoms with Gasteiger partial charge in [0.25, 0.3) is 0 Å². The summed E-state index contributed by atoms with van der Waals surface area (Å²) in [4.78, 5) is 10.8. The molecular weight excluding hydrogens is 364 g/mol. The number of carboxylic acid groups (broad SMARTS) is 1. The Morgan fingerprint density at radius 1 is 1.33 bits per heavy atom. The molecule has 0 amide bonds. The van der Waals surface area contributed by atoms with Gasteiger partial charge >= 0.3 is 0 Å². The molecule has 1 saturated carbocycles. The zero-order valence-corrected chi connectivity index (χ0v) is 16.2. The van der Waals surface area contributed by atoms with Crippen LogP contribution in [0.3, 0.4) is 0 Å². The highest BCUT2D eigenvalue weighted by Crippen LogP contribution is 2.33. The average Bonchev–Trinajstić information content (AvgIpc) is 3.09. The highest BCUT2D eigenvalue weighted by atomic mass is 32.2. The molecule has 0 N–H and O–H groups in total. The van der Waals surface area contributed by atoms with Crippen LogP contribution in [0, 0.1) is 0 Å². The number of carbonyl (C=O) groups excluding carboxylic acids is 1. The highest BCUT2D eigenvalue weighted by Gasteiger charge is 2.23. The Hall–Kier alpha value is -2.35. The van der Waals surface area contributed by atoms with E-state index in [1.165, 1.54) is 6.42 Å². The molecule has 0 radical (unpaired) electrons. The molecule has 1 heterocycles. The normalized spacial score (nSPS) is 15.3. The van der Waals surface area contributed by atoms with Crippen LogP contribution in [0.1, 0.15) is 56.3 Å². The summed E-state index contributed by atoms with van der Waals surface area (Å²) in [5.74, 6) is 0.511. The number of para-hydroxylation sites is 1. The van der Waals surface area contributed by atoms with E-state index >= 15 is 0 Å². The molecule has 1 fully saturated rings. The van der Waals surface area contributed by atoms with Crippen molar-refractivity contribution in [3.63, 3.8) is 0 Å². The lowest BCUT2D eigenvalue weighted by molar-refractivity contribution is -0.301. The minimum atomic E-state index is -1.14. The van der Waals surface area contributed by atoms with E-state index in [4.69, 9.17) is 4.74 Å². The summed E-state index contributed by atoms with van der Waals surface area (Å²) in [6.45, 7) is 2.50. The molecule has 0 saturated heterocycles. The summed E-state index contributed by atoms with van der Waals surface area (Å²) in [7, 11) is 0. The molecule has 3 rings (SSSR count). The first-order valence-electron chi connectivity index (χ1n) is 9.23. The molecule has 1 aliphatic carbocycles. The highest BCUT2D eigenvalue weighted by molar-refractivity contribution is 7.99. The standard InChI is InChI=1S/C19H24N4O3S/c1-2-26-16-11-7-6-10-15(16)12-20-23-18(14-8-4-3-5-9-14)21-22-19(23)27-13-17(24)25/h6-7,10-12,14H,2-5,8-9,13H2,1H3,(H,24,25)/p-1/b20-12-. The van der Waals surface area contributed by atoms with Gasteiger partial charge in [-0.2, -0.15) is 9.78 Å². The number of thioether (sulfide) groups is 1. The van der Waals surface area contributed by atoms with Crippen molar-refractivity contribution in [3.8, 4) is 5.75 Å². The number of aliphatic carboxylic acids is 1. The number of aromatic nitrogens is 3. The summed E-state index contributed by atoms with van der Waals surface area (Å²) >= 11 is 1.07. The molecule has 0 atom stereocenters. The Kier molecular flexibility index (Phi) is 6.86. The number of rotatable bonds is 8. The molecule has 8 heteroatoms. The maximum absolute atomic E-state index is 10.8. The fourth-order valence-electron chi connectivity index (χ4n) is 3.21. The minimum absolute atomic E-state index is 0.187. The number of carboxylic acids is 1. The third kappa shape index (κ3) is 5.09. The monoisotopic (exact) mass is 387 g/mol. The Morgan fingerprint density at radius 3 is 2.85 bits per heavy atom. The molecule has 144 valence electrons. The molecule has 7 nitrogen and oxygen atoms in total. The third-order valence-corrected chi connectivity index (χ3v) is 5.35. The lowest BCUT2D eigenvalue weighted by Crippen LogP contribution is -2.24. The molecular formula is C19H23N4O3S-. The van der Waals surface area contributed by atoms with Crippen LogP contribution >= 0.6 is 11.8 Å². The summed E-state index contributed by atoms with van der Waals surface area (Å²) in [6, 6.07) is 7.65. The van der Waals surface area contributed by atoms with Crippen LogP contribution in [-0.4, -0.2) is 39.4 Å². The van der Waals surface area contributed by atoms with E-state index in [0.717, 1.165) is 54.6 Å². The first kappa shape index (κ1) is 19.4. The van der Waals surface area contributed by atoms with Crippen molar-refractivity contribution < 1.29 is 14.6 Å². The van der Waals surface area contributed by atoms with E-state index in [1.54, 1.807) is 10.9 Å². The van der Waals surface area contributed by atoms with Crippen LogP contribution < -0.4 is 9.84 Å². The van der Waals surface area contributed by atoms with Crippen molar-refractivity contribution in [2.45, 2.75) is 50.1 Å². The molecule has 0 unspecified atom stereocenters. The predicted octanol–water partition coefficient (Wildman–Crippen LogP) is 2.45. The van der Waals surface area contributed by atoms with Gasteiger partial charge in [0.1, 0.15) is 5.75 Å². The van der Waals surface area contributed by atoms with Crippen molar-refractivity contribution in [2.24, 2.45) is 5.10 Å². The molecule has 1 aromatic heterocycles. The molecule has 1 aliphatic rings. The summed E-state index contributed by atoms with van der Waals surface area (Å²) in [5, 5.41) is 24.4. The predicted molar refractivity (Wildman–Crippen MR) is 102 cm³/mol. The summed E-state index contributed by atoms with van der Waals surface area (Å²) in [5.41, 5.74) is 0.846. The van der Waals surface area contributed by atoms with Crippen LogP contribution in [0.4, 0.5) is 0 Å². The van der Waals surface area contributed by atoms with Crippen LogP contribution in [-0.2, 0) is 4.79 Å². The maximum Gasteiger partial charge on any atom is 0.212 e. The zero-order valence-electron chi connectivity index (χ0n) is 15.3. The number of benzene rings is 1. The molecule has 0 spiro atoms. The summed E-state index contributed by atoms with van der Waals surface area (Å²) < 4.78 is 7.31. The Balaban J connectivity index is 1.91. The van der Waals surface area contributed by atoms with E-state index in [2.05, 4.69) is 15.3 Å². The second kappa shape index (κ2) is 9.55. The lowest BCUT2D eigenvalue weighted by Gasteiger charge is -2.20. The SMILES string of the molecule is CCOc1ccccc1/C=N\n1c(SCC(=O)[O-])nnc1C1CCCCC1. The van der Waals surface area contributed by atoms with Gasteiger partial charge in [-0.25, -0.2) is 0 Å². The van der Waals surface area contributed by atoms with Gasteiger partial charge < -0.3 is 14.6 Å². The lowest BCUT2D eigenvalue weighted by atomic mass is 9.89. The second-order valence-electron chi connectivity index (χ2n) is 6.36. The van der Waals surface area contributed by atoms with Crippen LogP contribution in [0.5, 0.6) is 5.75 Å². The molecule has 27 heavy (non-hydrogen) atoms. The number of carbonyl (C=O) groups is 1. The Bertz CT molecular complexity index is 800. The van der Waals surface area contributed by atoms with Gasteiger partial charge in [-0.15, -0.1) is 10.2 Å². The Labute approximate surface area is 162 Å². The van der Waals surface area contributed by atoms with Crippen LogP contribution in [0.15, 0.2) is 34.5 Å². The van der Waals surface area contributed by atoms with Gasteiger partial charge in [-0.1, -0.05) is 43.2 Å². The first-order chi connectivity index (χ1) is 13.2. The summed E-state index contributed by atoms with van der Waals surface area (Å²) in [6.07, 6.45) is 7.38. The third-order valence-electron chi connectivity index (χ3n) is 4.46. The van der Waals surface area contributed by atoms with Crippen molar-refractivity contribution in [3.05, 3.63) is 35.7 Å². The van der Waals surface area contributed by atoms with Gasteiger partial charge in [0.2, 0.25) is 5.16 Å². The smallest absolute Gasteiger partial charge is 0.212 e. The van der Waals surface area contributed by atoms with E-state index in [9.17, 15) is 9.90 Å². The number of hydrogen-bond acceptors (Lipinski definition) is 7. The van der Waals surface area contributed by atoms with Crippen molar-refractivity contribution >= 4 is 23.9 Å². The first-order valence-corrected chi connectivity index (χ1v) is 10.2.